The van der Waals surface area contributed by atoms with Crippen molar-refractivity contribution >= 4 is 11.8 Å². The van der Waals surface area contributed by atoms with E-state index in [1.54, 1.807) is 13.8 Å². The number of hydrogen-bond donors (Lipinski definition) is 1. The largest absolute Gasteiger partial charge is 0.481 e. The molecule has 4 heteroatoms. The molecule has 0 heterocycles. The summed E-state index contributed by atoms with van der Waals surface area (Å²) in [6.45, 7) is 8.02. The van der Waals surface area contributed by atoms with Crippen molar-refractivity contribution in [2.45, 2.75) is 33.7 Å². The van der Waals surface area contributed by atoms with Crippen molar-refractivity contribution in [3.63, 3.8) is 0 Å². The van der Waals surface area contributed by atoms with Gasteiger partial charge in [-0.1, -0.05) is 13.8 Å². The zero-order chi connectivity index (χ0) is 11.3. The van der Waals surface area contributed by atoms with Crippen LogP contribution in [0, 0.1) is 5.92 Å². The molecule has 0 aliphatic carbocycles. The van der Waals surface area contributed by atoms with E-state index in [4.69, 9.17) is 5.11 Å². The summed E-state index contributed by atoms with van der Waals surface area (Å²) in [4.78, 5) is 23.6. The van der Waals surface area contributed by atoms with Gasteiger partial charge in [-0.3, -0.25) is 14.5 Å². The molecule has 4 nitrogen and oxygen atoms in total. The summed E-state index contributed by atoms with van der Waals surface area (Å²) in [6.07, 6.45) is 0. The minimum absolute atomic E-state index is 0.0736. The van der Waals surface area contributed by atoms with E-state index in [-0.39, 0.29) is 11.8 Å². The fourth-order valence-electron chi connectivity index (χ4n) is 1.25. The lowest BCUT2D eigenvalue weighted by Crippen LogP contribution is -2.41. The second kappa shape index (κ2) is 5.75. The predicted molar refractivity (Wildman–Crippen MR) is 54.2 cm³/mol. The monoisotopic (exact) mass is 201 g/mol. The van der Waals surface area contributed by atoms with Crippen LogP contribution in [0.2, 0.25) is 0 Å². The Morgan fingerprint density at radius 1 is 1.36 bits per heavy atom. The summed E-state index contributed by atoms with van der Waals surface area (Å²) >= 11 is 0. The third-order valence-corrected chi connectivity index (χ3v) is 2.47. The molecule has 0 radical (unpaired) electrons. The Hall–Kier alpha value is -0.900. The van der Waals surface area contributed by atoms with Crippen LogP contribution < -0.4 is 0 Å². The highest BCUT2D eigenvalue weighted by Crippen LogP contribution is 2.05. The Bertz CT molecular complexity index is 215. The topological polar surface area (TPSA) is 57.6 Å². The lowest BCUT2D eigenvalue weighted by Gasteiger charge is -2.27. The van der Waals surface area contributed by atoms with Gasteiger partial charge in [-0.2, -0.15) is 0 Å². The van der Waals surface area contributed by atoms with Crippen molar-refractivity contribution in [3.05, 3.63) is 0 Å². The molecule has 0 aromatic rings. The Labute approximate surface area is 84.9 Å². The number of carbonyl (C=O) groups is 2. The Morgan fingerprint density at radius 3 is 2.14 bits per heavy atom. The smallest absolute Gasteiger partial charge is 0.307 e. The van der Waals surface area contributed by atoms with Gasteiger partial charge >= 0.3 is 5.97 Å². The Kier molecular flexibility index (Phi) is 5.38. The summed E-state index contributed by atoms with van der Waals surface area (Å²) in [5.74, 6) is -1.18. The first-order valence-electron chi connectivity index (χ1n) is 4.87. The number of hydrogen-bond acceptors (Lipinski definition) is 3. The maximum Gasteiger partial charge on any atom is 0.307 e. The molecule has 1 N–H and O–H groups in total. The van der Waals surface area contributed by atoms with Crippen LogP contribution in [0.5, 0.6) is 0 Å². The summed E-state index contributed by atoms with van der Waals surface area (Å²) in [5, 5.41) is 8.74. The van der Waals surface area contributed by atoms with E-state index in [2.05, 4.69) is 0 Å². The lowest BCUT2D eigenvalue weighted by molar-refractivity contribution is -0.142. The average molecular weight is 201 g/mol. The Balaban J connectivity index is 4.28. The van der Waals surface area contributed by atoms with Crippen molar-refractivity contribution < 1.29 is 14.7 Å². The first-order chi connectivity index (χ1) is 6.40. The van der Waals surface area contributed by atoms with E-state index in [0.717, 1.165) is 0 Å². The molecule has 82 valence electrons. The van der Waals surface area contributed by atoms with E-state index in [1.165, 1.54) is 6.92 Å². The van der Waals surface area contributed by atoms with E-state index >= 15 is 0 Å². The Morgan fingerprint density at radius 2 is 1.86 bits per heavy atom. The fourth-order valence-corrected chi connectivity index (χ4v) is 1.25. The highest BCUT2D eigenvalue weighted by molar-refractivity contribution is 5.81. The maximum atomic E-state index is 11.1. The minimum atomic E-state index is -0.820. The van der Waals surface area contributed by atoms with Crippen LogP contribution in [-0.2, 0) is 9.59 Å². The van der Waals surface area contributed by atoms with Gasteiger partial charge in [-0.05, 0) is 20.4 Å². The van der Waals surface area contributed by atoms with Crippen LogP contribution in [0.1, 0.15) is 27.7 Å². The fraction of sp³-hybridized carbons (Fsp3) is 0.800. The van der Waals surface area contributed by atoms with Gasteiger partial charge in [0.05, 0.1) is 12.0 Å². The second-order valence-electron chi connectivity index (χ2n) is 3.61. The van der Waals surface area contributed by atoms with Gasteiger partial charge < -0.3 is 5.11 Å². The zero-order valence-electron chi connectivity index (χ0n) is 9.28. The van der Waals surface area contributed by atoms with Gasteiger partial charge in [0.25, 0.3) is 0 Å². The molecule has 0 aromatic heterocycles. The lowest BCUT2D eigenvalue weighted by atomic mass is 10.1. The number of carboxylic acids is 1. The summed E-state index contributed by atoms with van der Waals surface area (Å²) < 4.78 is 0. The van der Waals surface area contributed by atoms with Crippen molar-refractivity contribution in [2.75, 3.05) is 13.1 Å². The van der Waals surface area contributed by atoms with Crippen molar-refractivity contribution in [3.8, 4) is 0 Å². The molecule has 2 unspecified atom stereocenters. The van der Waals surface area contributed by atoms with Crippen molar-refractivity contribution in [1.29, 1.82) is 0 Å². The highest BCUT2D eigenvalue weighted by Gasteiger charge is 2.21. The summed E-state index contributed by atoms with van der Waals surface area (Å²) in [6, 6.07) is -0.193. The molecule has 0 bridgehead atoms. The maximum absolute atomic E-state index is 11.1. The first-order valence-corrected chi connectivity index (χ1v) is 4.87. The summed E-state index contributed by atoms with van der Waals surface area (Å²) in [5.41, 5.74) is 0. The molecule has 0 rings (SSSR count). The van der Waals surface area contributed by atoms with Crippen LogP contribution in [0.4, 0.5) is 0 Å². The average Bonchev–Trinajstić information content (AvgIpc) is 2.12. The number of aliphatic carboxylic acids is 1. The molecule has 2 atom stereocenters. The van der Waals surface area contributed by atoms with Gasteiger partial charge in [0, 0.05) is 6.54 Å². The SMILES string of the molecule is CCN(CC(C)C(=O)O)C(C)C(C)=O. The van der Waals surface area contributed by atoms with Crippen molar-refractivity contribution in [2.24, 2.45) is 5.92 Å². The molecule has 0 spiro atoms. The van der Waals surface area contributed by atoms with Crippen LogP contribution in [0.15, 0.2) is 0 Å². The second-order valence-corrected chi connectivity index (χ2v) is 3.61. The van der Waals surface area contributed by atoms with Gasteiger partial charge in [0.15, 0.2) is 0 Å². The van der Waals surface area contributed by atoms with Crippen LogP contribution >= 0.6 is 0 Å². The quantitative estimate of drug-likeness (QED) is 0.696. The summed E-state index contributed by atoms with van der Waals surface area (Å²) in [7, 11) is 0. The number of likely N-dealkylation sites (N-methyl/N-ethyl adjacent to an activating group) is 1. The molecule has 14 heavy (non-hydrogen) atoms. The molecule has 0 aliphatic rings. The van der Waals surface area contributed by atoms with E-state index < -0.39 is 11.9 Å². The minimum Gasteiger partial charge on any atom is -0.481 e. The number of Topliss-reactive ketones (excluding diaryl/α,β-unsaturated/α-hetero) is 1. The van der Waals surface area contributed by atoms with Gasteiger partial charge in [0.2, 0.25) is 0 Å². The van der Waals surface area contributed by atoms with Crippen LogP contribution in [0.25, 0.3) is 0 Å². The van der Waals surface area contributed by atoms with E-state index in [0.29, 0.717) is 13.1 Å². The number of ketones is 1. The predicted octanol–water partition coefficient (Wildman–Crippen LogP) is 1.01. The number of nitrogens with zero attached hydrogens (tertiary/aromatic N) is 1. The third kappa shape index (κ3) is 3.87. The first kappa shape index (κ1) is 13.1. The van der Waals surface area contributed by atoms with Crippen molar-refractivity contribution in [1.82, 2.24) is 4.90 Å². The zero-order valence-corrected chi connectivity index (χ0v) is 9.28. The molecule has 0 aliphatic heterocycles. The van der Waals surface area contributed by atoms with Gasteiger partial charge in [-0.15, -0.1) is 0 Å². The molecule has 0 aromatic carbocycles. The molecule has 0 fully saturated rings. The normalized spacial score (nSPS) is 15.2. The third-order valence-electron chi connectivity index (χ3n) is 2.47. The molecular weight excluding hydrogens is 182 g/mol. The number of rotatable bonds is 6. The standard InChI is InChI=1S/C10H19NO3/c1-5-11(8(3)9(4)12)6-7(2)10(13)14/h7-8H,5-6H2,1-4H3,(H,13,14). The molecule has 0 saturated heterocycles. The van der Waals surface area contributed by atoms with E-state index in [1.807, 2.05) is 11.8 Å². The molecule has 0 saturated carbocycles. The number of carboxylic acid groups (broad SMARTS) is 1. The highest BCUT2D eigenvalue weighted by atomic mass is 16.4. The van der Waals surface area contributed by atoms with Crippen LogP contribution in [-0.4, -0.2) is 40.9 Å². The van der Waals surface area contributed by atoms with Gasteiger partial charge in [-0.25, -0.2) is 0 Å². The van der Waals surface area contributed by atoms with Crippen LogP contribution in [0.3, 0.4) is 0 Å². The molecule has 0 amide bonds. The van der Waals surface area contributed by atoms with E-state index in [9.17, 15) is 9.59 Å². The molecular formula is C10H19NO3. The number of carbonyl (C=O) groups excluding carboxylic acids is 1. The van der Waals surface area contributed by atoms with Gasteiger partial charge in [0.1, 0.15) is 5.78 Å².